The maximum absolute atomic E-state index is 12.7. The number of ether oxygens (including phenoxy) is 1. The number of hydrogen-bond acceptors (Lipinski definition) is 4. The van der Waals surface area contributed by atoms with Crippen molar-refractivity contribution < 1.29 is 14.6 Å². The van der Waals surface area contributed by atoms with Gasteiger partial charge in [-0.25, -0.2) is 0 Å². The highest BCUT2D eigenvalue weighted by Crippen LogP contribution is 2.24. The predicted octanol–water partition coefficient (Wildman–Crippen LogP) is 2.21. The van der Waals surface area contributed by atoms with E-state index in [1.54, 1.807) is 0 Å². The zero-order chi connectivity index (χ0) is 17.8. The fourth-order valence-electron chi connectivity index (χ4n) is 3.98. The summed E-state index contributed by atoms with van der Waals surface area (Å²) in [5.41, 5.74) is 1.04. The SMILES string of the molecule is Cc1ccccc1OC(C)C(=O)N1CCN(C2CCCCC2O)CC1. The molecular weight excluding hydrogens is 316 g/mol. The first-order valence-corrected chi connectivity index (χ1v) is 9.49. The van der Waals surface area contributed by atoms with Gasteiger partial charge in [-0.3, -0.25) is 9.69 Å². The van der Waals surface area contributed by atoms with Gasteiger partial charge in [0.1, 0.15) is 5.75 Å². The molecule has 138 valence electrons. The Morgan fingerprint density at radius 1 is 1.16 bits per heavy atom. The molecule has 2 fully saturated rings. The van der Waals surface area contributed by atoms with Gasteiger partial charge in [0, 0.05) is 32.2 Å². The summed E-state index contributed by atoms with van der Waals surface area (Å²) in [7, 11) is 0. The van der Waals surface area contributed by atoms with Crippen molar-refractivity contribution in [2.45, 2.75) is 57.8 Å². The van der Waals surface area contributed by atoms with Gasteiger partial charge in [0.15, 0.2) is 6.10 Å². The first-order valence-electron chi connectivity index (χ1n) is 9.49. The number of aliphatic hydroxyl groups is 1. The van der Waals surface area contributed by atoms with E-state index in [1.807, 2.05) is 43.0 Å². The Morgan fingerprint density at radius 2 is 1.84 bits per heavy atom. The third-order valence-corrected chi connectivity index (χ3v) is 5.53. The fraction of sp³-hybridized carbons (Fsp3) is 0.650. The van der Waals surface area contributed by atoms with E-state index in [1.165, 1.54) is 6.42 Å². The van der Waals surface area contributed by atoms with Crippen molar-refractivity contribution in [1.82, 2.24) is 9.80 Å². The van der Waals surface area contributed by atoms with Crippen molar-refractivity contribution in [2.75, 3.05) is 26.2 Å². The molecule has 0 spiro atoms. The van der Waals surface area contributed by atoms with Crippen LogP contribution in [0.25, 0.3) is 0 Å². The van der Waals surface area contributed by atoms with Crippen LogP contribution in [0.1, 0.15) is 38.2 Å². The van der Waals surface area contributed by atoms with E-state index in [2.05, 4.69) is 4.90 Å². The Kier molecular flexibility index (Phi) is 5.97. The Morgan fingerprint density at radius 3 is 2.52 bits per heavy atom. The molecule has 1 aliphatic carbocycles. The van der Waals surface area contributed by atoms with Gasteiger partial charge in [0.25, 0.3) is 5.91 Å². The minimum atomic E-state index is -0.479. The number of nitrogens with zero attached hydrogens (tertiary/aromatic N) is 2. The number of benzene rings is 1. The van der Waals surface area contributed by atoms with E-state index >= 15 is 0 Å². The first kappa shape index (κ1) is 18.2. The van der Waals surface area contributed by atoms with Gasteiger partial charge in [-0.1, -0.05) is 31.0 Å². The Bertz CT molecular complexity index is 584. The zero-order valence-corrected chi connectivity index (χ0v) is 15.4. The smallest absolute Gasteiger partial charge is 0.263 e. The standard InChI is InChI=1S/C20H30N2O3/c1-15-7-3-6-10-19(15)25-16(2)20(24)22-13-11-21(12-14-22)17-8-4-5-9-18(17)23/h3,6-7,10,16-18,23H,4-5,8-9,11-14H2,1-2H3. The van der Waals surface area contributed by atoms with Crippen molar-refractivity contribution in [3.05, 3.63) is 29.8 Å². The molecule has 1 aromatic carbocycles. The molecule has 3 atom stereocenters. The lowest BCUT2D eigenvalue weighted by Gasteiger charge is -2.43. The van der Waals surface area contributed by atoms with Gasteiger partial charge in [0.05, 0.1) is 6.10 Å². The molecule has 1 amide bonds. The number of rotatable bonds is 4. The summed E-state index contributed by atoms with van der Waals surface area (Å²) in [5.74, 6) is 0.819. The molecule has 2 aliphatic rings. The summed E-state index contributed by atoms with van der Waals surface area (Å²) >= 11 is 0. The second-order valence-corrected chi connectivity index (χ2v) is 7.31. The fourth-order valence-corrected chi connectivity index (χ4v) is 3.98. The number of piperazine rings is 1. The highest BCUT2D eigenvalue weighted by molar-refractivity contribution is 5.81. The molecule has 5 heteroatoms. The second-order valence-electron chi connectivity index (χ2n) is 7.31. The molecule has 1 heterocycles. The summed E-state index contributed by atoms with van der Waals surface area (Å²) < 4.78 is 5.88. The van der Waals surface area contributed by atoms with Gasteiger partial charge in [0.2, 0.25) is 0 Å². The van der Waals surface area contributed by atoms with Crippen LogP contribution < -0.4 is 4.74 Å². The third-order valence-electron chi connectivity index (χ3n) is 5.53. The lowest BCUT2D eigenvalue weighted by Crippen LogP contribution is -2.57. The summed E-state index contributed by atoms with van der Waals surface area (Å²) in [5, 5.41) is 10.2. The molecule has 0 aromatic heterocycles. The van der Waals surface area contributed by atoms with E-state index in [0.29, 0.717) is 13.1 Å². The highest BCUT2D eigenvalue weighted by atomic mass is 16.5. The number of carbonyl (C=O) groups excluding carboxylic acids is 1. The number of aliphatic hydroxyl groups excluding tert-OH is 1. The quantitative estimate of drug-likeness (QED) is 0.908. The van der Waals surface area contributed by atoms with Crippen LogP contribution in [0, 0.1) is 6.92 Å². The number of para-hydroxylation sites is 1. The van der Waals surface area contributed by atoms with Crippen molar-refractivity contribution in [3.63, 3.8) is 0 Å². The lowest BCUT2D eigenvalue weighted by atomic mass is 9.91. The Hall–Kier alpha value is -1.59. The molecule has 3 rings (SSSR count). The molecule has 3 unspecified atom stereocenters. The monoisotopic (exact) mass is 346 g/mol. The van der Waals surface area contributed by atoms with E-state index in [0.717, 1.165) is 43.7 Å². The number of aryl methyl sites for hydroxylation is 1. The molecular formula is C20H30N2O3. The molecule has 1 aliphatic heterocycles. The van der Waals surface area contributed by atoms with E-state index in [4.69, 9.17) is 4.74 Å². The summed E-state index contributed by atoms with van der Waals surface area (Å²) in [6.45, 7) is 6.91. The normalized spacial score (nSPS) is 26.3. The van der Waals surface area contributed by atoms with Crippen LogP contribution in [-0.4, -0.2) is 65.2 Å². The topological polar surface area (TPSA) is 53.0 Å². The number of carbonyl (C=O) groups is 1. The van der Waals surface area contributed by atoms with Crippen molar-refractivity contribution in [2.24, 2.45) is 0 Å². The molecule has 0 bridgehead atoms. The highest BCUT2D eigenvalue weighted by Gasteiger charge is 2.33. The maximum atomic E-state index is 12.7. The zero-order valence-electron chi connectivity index (χ0n) is 15.4. The maximum Gasteiger partial charge on any atom is 0.263 e. The number of hydrogen-bond donors (Lipinski definition) is 1. The van der Waals surface area contributed by atoms with Crippen LogP contribution in [0.4, 0.5) is 0 Å². The summed E-state index contributed by atoms with van der Waals surface area (Å²) in [4.78, 5) is 17.0. The second kappa shape index (κ2) is 8.19. The van der Waals surface area contributed by atoms with Crippen molar-refractivity contribution in [3.8, 4) is 5.75 Å². The first-order chi connectivity index (χ1) is 12.1. The van der Waals surface area contributed by atoms with E-state index < -0.39 is 6.10 Å². The van der Waals surface area contributed by atoms with Crippen LogP contribution in [0.15, 0.2) is 24.3 Å². The van der Waals surface area contributed by atoms with E-state index in [-0.39, 0.29) is 18.1 Å². The van der Waals surface area contributed by atoms with Crippen molar-refractivity contribution >= 4 is 5.91 Å². The van der Waals surface area contributed by atoms with Crippen LogP contribution in [0.3, 0.4) is 0 Å². The Labute approximate surface area is 150 Å². The molecule has 5 nitrogen and oxygen atoms in total. The Balaban J connectivity index is 1.51. The van der Waals surface area contributed by atoms with Gasteiger partial charge in [-0.15, -0.1) is 0 Å². The number of amides is 1. The minimum absolute atomic E-state index is 0.0482. The van der Waals surface area contributed by atoms with Crippen LogP contribution in [-0.2, 0) is 4.79 Å². The molecule has 1 saturated heterocycles. The van der Waals surface area contributed by atoms with Crippen molar-refractivity contribution in [1.29, 1.82) is 0 Å². The molecule has 1 N–H and O–H groups in total. The molecule has 0 radical (unpaired) electrons. The molecule has 25 heavy (non-hydrogen) atoms. The van der Waals surface area contributed by atoms with Gasteiger partial charge < -0.3 is 14.7 Å². The summed E-state index contributed by atoms with van der Waals surface area (Å²) in [6.07, 6.45) is 3.62. The van der Waals surface area contributed by atoms with Crippen LogP contribution in [0.5, 0.6) is 5.75 Å². The predicted molar refractivity (Wildman–Crippen MR) is 97.7 cm³/mol. The average molecular weight is 346 g/mol. The van der Waals surface area contributed by atoms with Gasteiger partial charge >= 0.3 is 0 Å². The largest absolute Gasteiger partial charge is 0.481 e. The lowest BCUT2D eigenvalue weighted by molar-refractivity contribution is -0.140. The van der Waals surface area contributed by atoms with Crippen LogP contribution in [0.2, 0.25) is 0 Å². The summed E-state index contributed by atoms with van der Waals surface area (Å²) in [6, 6.07) is 8.05. The van der Waals surface area contributed by atoms with Gasteiger partial charge in [-0.2, -0.15) is 0 Å². The third kappa shape index (κ3) is 4.33. The van der Waals surface area contributed by atoms with E-state index in [9.17, 15) is 9.90 Å². The average Bonchev–Trinajstić information content (AvgIpc) is 2.63. The van der Waals surface area contributed by atoms with Crippen LogP contribution >= 0.6 is 0 Å². The van der Waals surface area contributed by atoms with Gasteiger partial charge in [-0.05, 0) is 38.3 Å². The minimum Gasteiger partial charge on any atom is -0.481 e. The molecule has 1 saturated carbocycles. The molecule has 1 aromatic rings.